The molecule has 1 heterocycles. The highest BCUT2D eigenvalue weighted by Gasteiger charge is 2.13. The van der Waals surface area contributed by atoms with Crippen molar-refractivity contribution < 1.29 is 19.1 Å². The monoisotopic (exact) mass is 390 g/mol. The van der Waals surface area contributed by atoms with E-state index in [2.05, 4.69) is 10.6 Å². The molecule has 0 saturated carbocycles. The molecule has 29 heavy (non-hydrogen) atoms. The van der Waals surface area contributed by atoms with Gasteiger partial charge in [-0.3, -0.25) is 9.59 Å². The van der Waals surface area contributed by atoms with Gasteiger partial charge < -0.3 is 20.1 Å². The molecule has 0 radical (unpaired) electrons. The summed E-state index contributed by atoms with van der Waals surface area (Å²) in [6, 6.07) is 19.1. The zero-order valence-electron chi connectivity index (χ0n) is 15.9. The van der Waals surface area contributed by atoms with Crippen LogP contribution in [0.1, 0.15) is 12.0 Å². The molecular formula is C23H22N2O4. The first-order chi connectivity index (χ1) is 14.2. The average molecular weight is 390 g/mol. The number of anilines is 1. The smallest absolute Gasteiger partial charge is 0.243 e. The summed E-state index contributed by atoms with van der Waals surface area (Å²) < 4.78 is 11.2. The Morgan fingerprint density at radius 2 is 1.66 bits per heavy atom. The van der Waals surface area contributed by atoms with Crippen molar-refractivity contribution in [2.24, 2.45) is 0 Å². The molecule has 0 spiro atoms. The summed E-state index contributed by atoms with van der Waals surface area (Å²) in [5, 5.41) is 7.58. The maximum atomic E-state index is 12.3. The average Bonchev–Trinajstić information content (AvgIpc) is 2.98. The highest BCUT2D eigenvalue weighted by molar-refractivity contribution is 5.96. The van der Waals surface area contributed by atoms with E-state index in [0.29, 0.717) is 30.4 Å². The molecule has 0 atom stereocenters. The second-order valence-corrected chi connectivity index (χ2v) is 6.85. The van der Waals surface area contributed by atoms with Gasteiger partial charge in [-0.1, -0.05) is 42.5 Å². The van der Waals surface area contributed by atoms with E-state index in [0.717, 1.165) is 22.8 Å². The molecule has 6 heteroatoms. The lowest BCUT2D eigenvalue weighted by Crippen LogP contribution is -2.33. The Bertz CT molecular complexity index is 1040. The van der Waals surface area contributed by atoms with E-state index in [1.807, 2.05) is 42.5 Å². The summed E-state index contributed by atoms with van der Waals surface area (Å²) in [6.45, 7) is 1.09. The predicted molar refractivity (Wildman–Crippen MR) is 111 cm³/mol. The Labute approximate surface area is 168 Å². The van der Waals surface area contributed by atoms with E-state index in [9.17, 15) is 9.59 Å². The first kappa shape index (κ1) is 18.8. The summed E-state index contributed by atoms with van der Waals surface area (Å²) in [4.78, 5) is 24.5. The van der Waals surface area contributed by atoms with Crippen molar-refractivity contribution >= 4 is 28.3 Å². The van der Waals surface area contributed by atoms with Crippen LogP contribution in [0.3, 0.4) is 0 Å². The highest BCUT2D eigenvalue weighted by atomic mass is 16.5. The number of carbonyl (C=O) groups excluding carboxylic acids is 2. The Morgan fingerprint density at radius 1 is 0.862 bits per heavy atom. The molecule has 2 amide bonds. The largest absolute Gasteiger partial charge is 0.490 e. The van der Waals surface area contributed by atoms with Crippen LogP contribution in [0.15, 0.2) is 60.7 Å². The van der Waals surface area contributed by atoms with Crippen molar-refractivity contribution in [2.45, 2.75) is 12.8 Å². The third-order valence-corrected chi connectivity index (χ3v) is 4.71. The first-order valence-electron chi connectivity index (χ1n) is 9.62. The normalized spacial score (nSPS) is 12.8. The minimum absolute atomic E-state index is 0.0992. The second-order valence-electron chi connectivity index (χ2n) is 6.85. The fraction of sp³-hybridized carbons (Fsp3) is 0.217. The van der Waals surface area contributed by atoms with Crippen LogP contribution in [-0.4, -0.2) is 31.6 Å². The summed E-state index contributed by atoms with van der Waals surface area (Å²) in [7, 11) is 0. The van der Waals surface area contributed by atoms with Crippen LogP contribution in [-0.2, 0) is 16.0 Å². The van der Waals surface area contributed by atoms with Gasteiger partial charge in [0, 0.05) is 18.2 Å². The lowest BCUT2D eigenvalue weighted by atomic mass is 10.0. The summed E-state index contributed by atoms with van der Waals surface area (Å²) in [5.74, 6) is 0.783. The molecule has 2 N–H and O–H groups in total. The molecule has 0 fully saturated rings. The van der Waals surface area contributed by atoms with Gasteiger partial charge in [0.15, 0.2) is 11.5 Å². The van der Waals surface area contributed by atoms with Gasteiger partial charge in [-0.05, 0) is 28.5 Å². The summed E-state index contributed by atoms with van der Waals surface area (Å²) in [6.07, 6.45) is 1.04. The Morgan fingerprint density at radius 3 is 2.55 bits per heavy atom. The van der Waals surface area contributed by atoms with Crippen LogP contribution in [0.25, 0.3) is 10.8 Å². The molecule has 4 rings (SSSR count). The van der Waals surface area contributed by atoms with Crippen molar-refractivity contribution in [3.8, 4) is 11.5 Å². The van der Waals surface area contributed by atoms with Crippen LogP contribution >= 0.6 is 0 Å². The van der Waals surface area contributed by atoms with Gasteiger partial charge in [0.1, 0.15) is 0 Å². The van der Waals surface area contributed by atoms with Gasteiger partial charge in [0.2, 0.25) is 11.8 Å². The summed E-state index contributed by atoms with van der Waals surface area (Å²) in [5.41, 5.74) is 1.53. The Kier molecular flexibility index (Phi) is 5.61. The maximum Gasteiger partial charge on any atom is 0.243 e. The third kappa shape index (κ3) is 4.66. The fourth-order valence-corrected chi connectivity index (χ4v) is 3.31. The molecule has 0 aliphatic carbocycles. The molecule has 148 valence electrons. The molecular weight excluding hydrogens is 368 g/mol. The van der Waals surface area contributed by atoms with E-state index >= 15 is 0 Å². The van der Waals surface area contributed by atoms with Crippen LogP contribution in [0.4, 0.5) is 5.69 Å². The lowest BCUT2D eigenvalue weighted by molar-refractivity contribution is -0.123. The molecule has 3 aromatic rings. The van der Waals surface area contributed by atoms with E-state index in [4.69, 9.17) is 9.47 Å². The number of hydrogen-bond donors (Lipinski definition) is 2. The van der Waals surface area contributed by atoms with E-state index in [1.165, 1.54) is 0 Å². The lowest BCUT2D eigenvalue weighted by Gasteiger charge is -2.11. The molecule has 0 bridgehead atoms. The van der Waals surface area contributed by atoms with Crippen LogP contribution in [0, 0.1) is 0 Å². The van der Waals surface area contributed by atoms with Crippen molar-refractivity contribution in [2.75, 3.05) is 25.1 Å². The van der Waals surface area contributed by atoms with Crippen molar-refractivity contribution in [1.29, 1.82) is 0 Å². The minimum Gasteiger partial charge on any atom is -0.490 e. The number of rotatable bonds is 5. The zero-order chi connectivity index (χ0) is 20.1. The molecule has 1 aliphatic rings. The number of fused-ring (bicyclic) bond motifs is 2. The van der Waals surface area contributed by atoms with Crippen molar-refractivity contribution in [1.82, 2.24) is 5.32 Å². The second kappa shape index (κ2) is 8.65. The maximum absolute atomic E-state index is 12.3. The molecule has 0 aromatic heterocycles. The van der Waals surface area contributed by atoms with Gasteiger partial charge in [-0.15, -0.1) is 0 Å². The number of nitrogens with one attached hydrogen (secondary N) is 2. The van der Waals surface area contributed by atoms with Crippen LogP contribution < -0.4 is 20.1 Å². The highest BCUT2D eigenvalue weighted by Crippen LogP contribution is 2.32. The Balaban J connectivity index is 1.32. The standard InChI is InChI=1S/C23H22N2O4/c26-22(13-17-7-3-6-16-5-1-2-8-19(16)17)24-15-23(27)25-18-9-10-20-21(14-18)29-12-4-11-28-20/h1-3,5-10,14H,4,11-13,15H2,(H,24,26)(H,25,27). The SMILES string of the molecule is O=C(Cc1cccc2ccccc12)NCC(=O)Nc1ccc2c(c1)OCCCO2. The topological polar surface area (TPSA) is 76.7 Å². The molecule has 6 nitrogen and oxygen atoms in total. The van der Waals surface area contributed by atoms with Crippen LogP contribution in [0.5, 0.6) is 11.5 Å². The quantitative estimate of drug-likeness (QED) is 0.701. The number of carbonyl (C=O) groups is 2. The number of hydrogen-bond acceptors (Lipinski definition) is 4. The predicted octanol–water partition coefficient (Wildman–Crippen LogP) is 3.30. The molecule has 1 aliphatic heterocycles. The van der Waals surface area contributed by atoms with Gasteiger partial charge in [0.25, 0.3) is 0 Å². The van der Waals surface area contributed by atoms with E-state index in [1.54, 1.807) is 18.2 Å². The number of ether oxygens (including phenoxy) is 2. The summed E-state index contributed by atoms with van der Waals surface area (Å²) >= 11 is 0. The van der Waals surface area contributed by atoms with Crippen molar-refractivity contribution in [3.05, 3.63) is 66.2 Å². The van der Waals surface area contributed by atoms with Gasteiger partial charge in [-0.25, -0.2) is 0 Å². The van der Waals surface area contributed by atoms with Crippen molar-refractivity contribution in [3.63, 3.8) is 0 Å². The first-order valence-corrected chi connectivity index (χ1v) is 9.62. The Hall–Kier alpha value is -3.54. The zero-order valence-corrected chi connectivity index (χ0v) is 15.9. The molecule has 0 unspecified atom stereocenters. The van der Waals surface area contributed by atoms with Gasteiger partial charge in [-0.2, -0.15) is 0 Å². The van der Waals surface area contributed by atoms with E-state index in [-0.39, 0.29) is 24.8 Å². The number of benzene rings is 3. The minimum atomic E-state index is -0.300. The van der Waals surface area contributed by atoms with E-state index < -0.39 is 0 Å². The van der Waals surface area contributed by atoms with Gasteiger partial charge in [0.05, 0.1) is 26.2 Å². The number of amides is 2. The molecule has 3 aromatic carbocycles. The molecule has 0 saturated heterocycles. The van der Waals surface area contributed by atoms with Crippen LogP contribution in [0.2, 0.25) is 0 Å². The third-order valence-electron chi connectivity index (χ3n) is 4.71. The fourth-order valence-electron chi connectivity index (χ4n) is 3.31. The van der Waals surface area contributed by atoms with Gasteiger partial charge >= 0.3 is 0 Å².